The minimum Gasteiger partial charge on any atom is -0.398 e. The van der Waals surface area contributed by atoms with Crippen molar-refractivity contribution in [1.29, 1.82) is 0 Å². The lowest BCUT2D eigenvalue weighted by Crippen LogP contribution is -2.07. The Morgan fingerprint density at radius 3 is 2.60 bits per heavy atom. The molecule has 0 radical (unpaired) electrons. The van der Waals surface area contributed by atoms with E-state index in [-0.39, 0.29) is 24.4 Å². The molecule has 1 aromatic rings. The first-order valence-electron chi connectivity index (χ1n) is 4.41. The minimum atomic E-state index is -0.573. The molecule has 1 rings (SSSR count). The summed E-state index contributed by atoms with van der Waals surface area (Å²) in [7, 11) is 0. The fourth-order valence-corrected chi connectivity index (χ4v) is 1.50. The van der Waals surface area contributed by atoms with E-state index in [0.717, 1.165) is 0 Å². The van der Waals surface area contributed by atoms with E-state index < -0.39 is 4.92 Å². The van der Waals surface area contributed by atoms with Crippen LogP contribution in [0.4, 0.5) is 17.1 Å². The zero-order chi connectivity index (χ0) is 11.6. The lowest BCUT2D eigenvalue weighted by Gasteiger charge is -2.10. The number of aliphatic hydroxyl groups is 1. The molecule has 0 saturated carbocycles. The Hall–Kier alpha value is -1.82. The first kappa shape index (κ1) is 11.3. The summed E-state index contributed by atoms with van der Waals surface area (Å²) in [5, 5.41) is 19.6. The number of aryl methyl sites for hydroxylation is 1. The van der Waals surface area contributed by atoms with Crippen LogP contribution in [0.5, 0.6) is 0 Å². The van der Waals surface area contributed by atoms with E-state index in [1.54, 1.807) is 6.92 Å². The Labute approximate surface area is 86.7 Å². The minimum absolute atomic E-state index is 0.0788. The Morgan fingerprint density at radius 2 is 2.13 bits per heavy atom. The van der Waals surface area contributed by atoms with Crippen molar-refractivity contribution in [3.05, 3.63) is 27.3 Å². The highest BCUT2D eigenvalue weighted by Gasteiger charge is 2.21. The van der Waals surface area contributed by atoms with Gasteiger partial charge in [-0.15, -0.1) is 0 Å². The van der Waals surface area contributed by atoms with Gasteiger partial charge in [-0.25, -0.2) is 0 Å². The summed E-state index contributed by atoms with van der Waals surface area (Å²) < 4.78 is 0. The highest BCUT2D eigenvalue weighted by atomic mass is 16.6. The lowest BCUT2D eigenvalue weighted by atomic mass is 10.0. The monoisotopic (exact) mass is 211 g/mol. The van der Waals surface area contributed by atoms with Gasteiger partial charge in [0.05, 0.1) is 10.5 Å². The fourth-order valence-electron chi connectivity index (χ4n) is 1.50. The van der Waals surface area contributed by atoms with E-state index in [1.807, 2.05) is 0 Å². The van der Waals surface area contributed by atoms with Crippen LogP contribution in [-0.2, 0) is 6.42 Å². The molecule has 0 unspecified atom stereocenters. The molecule has 15 heavy (non-hydrogen) atoms. The zero-order valence-corrected chi connectivity index (χ0v) is 8.36. The van der Waals surface area contributed by atoms with Crippen LogP contribution in [0.1, 0.15) is 11.1 Å². The van der Waals surface area contributed by atoms with Gasteiger partial charge in [0.1, 0.15) is 5.69 Å². The molecular weight excluding hydrogens is 198 g/mol. The molecule has 0 fully saturated rings. The molecule has 0 spiro atoms. The van der Waals surface area contributed by atoms with Gasteiger partial charge in [0.25, 0.3) is 5.69 Å². The maximum atomic E-state index is 10.8. The number of nitrogens with two attached hydrogens (primary N) is 2. The van der Waals surface area contributed by atoms with Crippen molar-refractivity contribution in [2.75, 3.05) is 18.1 Å². The molecule has 0 saturated heterocycles. The molecule has 0 aliphatic heterocycles. The van der Waals surface area contributed by atoms with Crippen LogP contribution in [0.25, 0.3) is 0 Å². The van der Waals surface area contributed by atoms with Crippen molar-refractivity contribution in [2.45, 2.75) is 13.3 Å². The Bertz CT molecular complexity index is 404. The molecule has 0 aliphatic carbocycles. The van der Waals surface area contributed by atoms with Crippen LogP contribution in [0.2, 0.25) is 0 Å². The molecule has 5 N–H and O–H groups in total. The number of aliphatic hydroxyl groups excluding tert-OH is 1. The van der Waals surface area contributed by atoms with E-state index in [1.165, 1.54) is 6.07 Å². The van der Waals surface area contributed by atoms with Gasteiger partial charge >= 0.3 is 0 Å². The zero-order valence-electron chi connectivity index (χ0n) is 8.36. The standard InChI is InChI=1S/C9H13N3O3/c1-5-4-7(10)9(12(14)15)6(2-3-13)8(5)11/h4,13H,2-3,10-11H2,1H3. The summed E-state index contributed by atoms with van der Waals surface area (Å²) in [5.41, 5.74) is 12.4. The summed E-state index contributed by atoms with van der Waals surface area (Å²) in [6, 6.07) is 1.47. The van der Waals surface area contributed by atoms with E-state index >= 15 is 0 Å². The van der Waals surface area contributed by atoms with E-state index in [2.05, 4.69) is 0 Å². The molecule has 6 nitrogen and oxygen atoms in total. The number of benzene rings is 1. The largest absolute Gasteiger partial charge is 0.398 e. The Morgan fingerprint density at radius 1 is 1.53 bits per heavy atom. The number of rotatable bonds is 3. The van der Waals surface area contributed by atoms with Crippen molar-refractivity contribution < 1.29 is 10.0 Å². The highest BCUT2D eigenvalue weighted by molar-refractivity contribution is 5.73. The summed E-state index contributed by atoms with van der Waals surface area (Å²) >= 11 is 0. The van der Waals surface area contributed by atoms with E-state index in [9.17, 15) is 10.1 Å². The van der Waals surface area contributed by atoms with Gasteiger partial charge in [-0.3, -0.25) is 10.1 Å². The quantitative estimate of drug-likeness (QED) is 0.384. The average Bonchev–Trinajstić information content (AvgIpc) is 2.13. The number of anilines is 2. The van der Waals surface area contributed by atoms with Crippen LogP contribution in [-0.4, -0.2) is 16.6 Å². The van der Waals surface area contributed by atoms with Crippen LogP contribution in [0, 0.1) is 17.0 Å². The summed E-state index contributed by atoms with van der Waals surface area (Å²) in [6.45, 7) is 1.52. The van der Waals surface area contributed by atoms with Crippen LogP contribution < -0.4 is 11.5 Å². The van der Waals surface area contributed by atoms with Gasteiger partial charge in [0.2, 0.25) is 0 Å². The van der Waals surface area contributed by atoms with Crippen LogP contribution in [0.15, 0.2) is 6.07 Å². The molecule has 0 aliphatic rings. The number of nitrogen functional groups attached to an aromatic ring is 2. The van der Waals surface area contributed by atoms with Crippen molar-refractivity contribution in [2.24, 2.45) is 0 Å². The van der Waals surface area contributed by atoms with Crippen molar-refractivity contribution in [1.82, 2.24) is 0 Å². The van der Waals surface area contributed by atoms with Gasteiger partial charge in [-0.2, -0.15) is 0 Å². The Balaban J connectivity index is 3.46. The normalized spacial score (nSPS) is 10.3. The molecule has 0 atom stereocenters. The van der Waals surface area contributed by atoms with Crippen LogP contribution >= 0.6 is 0 Å². The van der Waals surface area contributed by atoms with Gasteiger partial charge in [-0.1, -0.05) is 0 Å². The topological polar surface area (TPSA) is 115 Å². The predicted octanol–water partition coefficient (Wildman–Crippen LogP) is 0.602. The average molecular weight is 211 g/mol. The highest BCUT2D eigenvalue weighted by Crippen LogP contribution is 2.33. The maximum absolute atomic E-state index is 10.8. The predicted molar refractivity (Wildman–Crippen MR) is 57.4 cm³/mol. The molecule has 0 aromatic heterocycles. The van der Waals surface area contributed by atoms with E-state index in [0.29, 0.717) is 16.8 Å². The molecule has 1 aromatic carbocycles. The molecular formula is C9H13N3O3. The van der Waals surface area contributed by atoms with Gasteiger partial charge in [0.15, 0.2) is 0 Å². The van der Waals surface area contributed by atoms with Gasteiger partial charge in [0, 0.05) is 18.7 Å². The van der Waals surface area contributed by atoms with Crippen molar-refractivity contribution in [3.63, 3.8) is 0 Å². The second kappa shape index (κ2) is 4.14. The number of nitro groups is 1. The van der Waals surface area contributed by atoms with Crippen LogP contribution in [0.3, 0.4) is 0 Å². The summed E-state index contributed by atoms with van der Waals surface area (Å²) in [5.74, 6) is 0. The second-order valence-electron chi connectivity index (χ2n) is 3.25. The summed E-state index contributed by atoms with van der Waals surface area (Å²) in [6.07, 6.45) is 0.133. The van der Waals surface area contributed by atoms with Gasteiger partial charge in [-0.05, 0) is 18.6 Å². The van der Waals surface area contributed by atoms with Crippen molar-refractivity contribution >= 4 is 17.1 Å². The first-order chi connectivity index (χ1) is 6.99. The maximum Gasteiger partial charge on any atom is 0.297 e. The third-order valence-corrected chi connectivity index (χ3v) is 2.23. The van der Waals surface area contributed by atoms with Crippen molar-refractivity contribution in [3.8, 4) is 0 Å². The smallest absolute Gasteiger partial charge is 0.297 e. The SMILES string of the molecule is Cc1cc(N)c([N+](=O)[O-])c(CCO)c1N. The third kappa shape index (κ3) is 1.99. The first-order valence-corrected chi connectivity index (χ1v) is 4.41. The molecule has 0 amide bonds. The van der Waals surface area contributed by atoms with E-state index in [4.69, 9.17) is 16.6 Å². The third-order valence-electron chi connectivity index (χ3n) is 2.23. The summed E-state index contributed by atoms with van der Waals surface area (Å²) in [4.78, 5) is 10.2. The lowest BCUT2D eigenvalue weighted by molar-refractivity contribution is -0.384. The number of hydrogen-bond acceptors (Lipinski definition) is 5. The number of nitro benzene ring substituents is 1. The number of nitrogens with zero attached hydrogens (tertiary/aromatic N) is 1. The molecule has 0 heterocycles. The molecule has 82 valence electrons. The fraction of sp³-hybridized carbons (Fsp3) is 0.333. The number of hydrogen-bond donors (Lipinski definition) is 3. The molecule has 6 heteroatoms. The van der Waals surface area contributed by atoms with Gasteiger partial charge < -0.3 is 16.6 Å². The Kier molecular flexibility index (Phi) is 3.11. The second-order valence-corrected chi connectivity index (χ2v) is 3.25. The molecule has 0 bridgehead atoms.